The van der Waals surface area contributed by atoms with Gasteiger partial charge in [0, 0.05) is 36.8 Å². The fourth-order valence-electron chi connectivity index (χ4n) is 3.79. The first-order chi connectivity index (χ1) is 13.1. The number of phenols is 1. The van der Waals surface area contributed by atoms with Crippen LogP contribution in [0.4, 0.5) is 5.82 Å². The van der Waals surface area contributed by atoms with Crippen molar-refractivity contribution >= 4 is 16.7 Å². The minimum Gasteiger partial charge on any atom is -0.507 e. The van der Waals surface area contributed by atoms with Crippen molar-refractivity contribution in [3.8, 4) is 23.1 Å². The Kier molecular flexibility index (Phi) is 4.42. The average Bonchev–Trinajstić information content (AvgIpc) is 3.05. The number of aromatic hydroxyl groups is 1. The molecule has 0 radical (unpaired) electrons. The maximum Gasteiger partial charge on any atom is 0.173 e. The third kappa shape index (κ3) is 3.20. The maximum atomic E-state index is 10.4. The molecule has 1 aliphatic heterocycles. The fourth-order valence-corrected chi connectivity index (χ4v) is 3.79. The van der Waals surface area contributed by atoms with Gasteiger partial charge in [-0.3, -0.25) is 0 Å². The topological polar surface area (TPSA) is 90.0 Å². The Morgan fingerprint density at radius 2 is 2.11 bits per heavy atom. The summed E-state index contributed by atoms with van der Waals surface area (Å²) in [5, 5.41) is 32.7. The first kappa shape index (κ1) is 17.3. The summed E-state index contributed by atoms with van der Waals surface area (Å²) in [4.78, 5) is 2.32. The number of piperidine rings is 1. The van der Waals surface area contributed by atoms with E-state index in [-0.39, 0.29) is 5.75 Å². The lowest BCUT2D eigenvalue weighted by atomic mass is 10.0. The van der Waals surface area contributed by atoms with E-state index in [2.05, 4.69) is 27.5 Å². The Labute approximate surface area is 157 Å². The largest absolute Gasteiger partial charge is 0.507 e. The maximum absolute atomic E-state index is 10.4. The molecule has 138 valence electrons. The van der Waals surface area contributed by atoms with Gasteiger partial charge in [-0.2, -0.15) is 5.26 Å². The van der Waals surface area contributed by atoms with Gasteiger partial charge in [0.25, 0.3) is 0 Å². The summed E-state index contributed by atoms with van der Waals surface area (Å²) in [6, 6.07) is 9.20. The molecule has 1 aromatic carbocycles. The summed E-state index contributed by atoms with van der Waals surface area (Å²) in [7, 11) is 4.11. The van der Waals surface area contributed by atoms with Crippen molar-refractivity contribution in [2.75, 3.05) is 25.5 Å². The van der Waals surface area contributed by atoms with E-state index < -0.39 is 0 Å². The Morgan fingerprint density at radius 3 is 2.85 bits per heavy atom. The van der Waals surface area contributed by atoms with E-state index in [1.807, 2.05) is 29.9 Å². The van der Waals surface area contributed by atoms with Gasteiger partial charge in [-0.05, 0) is 50.7 Å². The number of nitriles is 1. The zero-order valence-electron chi connectivity index (χ0n) is 15.5. The normalized spacial score (nSPS) is 17.7. The SMILES string of the molecule is CN1CCC[C@@H](Nc2nnc(-c3ccc(C#N)cc3O)c3ccn(C)c23)C1. The van der Waals surface area contributed by atoms with Crippen LogP contribution >= 0.6 is 0 Å². The molecule has 1 saturated heterocycles. The minimum absolute atomic E-state index is 0.0307. The molecule has 2 N–H and O–H groups in total. The minimum atomic E-state index is 0.0307. The molecule has 1 atom stereocenters. The standard InChI is InChI=1S/C20H22N6O/c1-25-8-3-4-14(12-25)22-20-19-16(7-9-26(19)2)18(23-24-20)15-6-5-13(11-21)10-17(15)27/h5-7,9-10,14,27H,3-4,8,12H2,1-2H3,(H,22,24)/t14-/m1/s1. The van der Waals surface area contributed by atoms with Gasteiger partial charge in [-0.25, -0.2) is 0 Å². The van der Waals surface area contributed by atoms with Crippen LogP contribution in [0, 0.1) is 11.3 Å². The van der Waals surface area contributed by atoms with Gasteiger partial charge in [0.1, 0.15) is 11.4 Å². The summed E-state index contributed by atoms with van der Waals surface area (Å²) < 4.78 is 2.02. The number of hydrogen-bond acceptors (Lipinski definition) is 6. The predicted molar refractivity (Wildman–Crippen MR) is 104 cm³/mol. The summed E-state index contributed by atoms with van der Waals surface area (Å²) in [5.74, 6) is 0.790. The zero-order valence-corrected chi connectivity index (χ0v) is 15.5. The molecule has 27 heavy (non-hydrogen) atoms. The smallest absolute Gasteiger partial charge is 0.173 e. The van der Waals surface area contributed by atoms with Crippen LogP contribution < -0.4 is 5.32 Å². The van der Waals surface area contributed by atoms with E-state index >= 15 is 0 Å². The van der Waals surface area contributed by atoms with Crippen LogP contribution in [-0.4, -0.2) is 50.9 Å². The molecule has 3 aromatic rings. The Balaban J connectivity index is 1.76. The fraction of sp³-hybridized carbons (Fsp3) is 0.350. The molecule has 4 rings (SSSR count). The number of phenolic OH excluding ortho intramolecular Hbond substituents is 1. The zero-order chi connectivity index (χ0) is 19.0. The van der Waals surface area contributed by atoms with E-state index in [1.165, 1.54) is 6.07 Å². The molecular weight excluding hydrogens is 340 g/mol. The number of likely N-dealkylation sites (N-methyl/N-ethyl adjacent to an activating group) is 1. The van der Waals surface area contributed by atoms with E-state index in [9.17, 15) is 5.11 Å². The highest BCUT2D eigenvalue weighted by Gasteiger charge is 2.21. The highest BCUT2D eigenvalue weighted by molar-refractivity contribution is 5.99. The third-order valence-electron chi connectivity index (χ3n) is 5.15. The van der Waals surface area contributed by atoms with E-state index in [0.717, 1.165) is 42.7 Å². The number of aryl methyl sites for hydroxylation is 1. The molecule has 0 aliphatic carbocycles. The number of hydrogen-bond donors (Lipinski definition) is 2. The highest BCUT2D eigenvalue weighted by Crippen LogP contribution is 2.35. The Morgan fingerprint density at radius 1 is 1.26 bits per heavy atom. The molecule has 0 amide bonds. The van der Waals surface area contributed by atoms with Crippen molar-refractivity contribution < 1.29 is 5.11 Å². The van der Waals surface area contributed by atoms with Crippen molar-refractivity contribution in [3.05, 3.63) is 36.0 Å². The van der Waals surface area contributed by atoms with Crippen molar-refractivity contribution in [2.45, 2.75) is 18.9 Å². The first-order valence-corrected chi connectivity index (χ1v) is 9.07. The molecule has 7 nitrogen and oxygen atoms in total. The second-order valence-corrected chi connectivity index (χ2v) is 7.18. The molecule has 0 unspecified atom stereocenters. The lowest BCUT2D eigenvalue weighted by Crippen LogP contribution is -2.40. The van der Waals surface area contributed by atoms with Crippen LogP contribution in [0.15, 0.2) is 30.5 Å². The molecule has 1 fully saturated rings. The second kappa shape index (κ2) is 6.89. The molecule has 1 aliphatic rings. The molecule has 0 bridgehead atoms. The highest BCUT2D eigenvalue weighted by atomic mass is 16.3. The first-order valence-electron chi connectivity index (χ1n) is 9.07. The quantitative estimate of drug-likeness (QED) is 0.745. The second-order valence-electron chi connectivity index (χ2n) is 7.18. The molecule has 7 heteroatoms. The van der Waals surface area contributed by atoms with E-state index in [4.69, 9.17) is 5.26 Å². The monoisotopic (exact) mass is 362 g/mol. The number of fused-ring (bicyclic) bond motifs is 1. The van der Waals surface area contributed by atoms with E-state index in [1.54, 1.807) is 12.1 Å². The summed E-state index contributed by atoms with van der Waals surface area (Å²) in [6.45, 7) is 2.10. The third-order valence-corrected chi connectivity index (χ3v) is 5.15. The number of anilines is 1. The lowest BCUT2D eigenvalue weighted by Gasteiger charge is -2.30. The molecule has 0 saturated carbocycles. The van der Waals surface area contributed by atoms with Crippen LogP contribution in [0.5, 0.6) is 5.75 Å². The summed E-state index contributed by atoms with van der Waals surface area (Å²) in [5.41, 5.74) is 2.55. The molecule has 0 spiro atoms. The van der Waals surface area contributed by atoms with Gasteiger partial charge in [0.05, 0.1) is 17.1 Å². The van der Waals surface area contributed by atoms with Crippen molar-refractivity contribution in [2.24, 2.45) is 7.05 Å². The molecular formula is C20H22N6O. The van der Waals surface area contributed by atoms with Crippen molar-refractivity contribution in [1.82, 2.24) is 19.7 Å². The van der Waals surface area contributed by atoms with Crippen LogP contribution in [0.2, 0.25) is 0 Å². The summed E-state index contributed by atoms with van der Waals surface area (Å²) >= 11 is 0. The van der Waals surface area contributed by atoms with Crippen molar-refractivity contribution in [3.63, 3.8) is 0 Å². The van der Waals surface area contributed by atoms with Crippen LogP contribution in [0.1, 0.15) is 18.4 Å². The van der Waals surface area contributed by atoms with Gasteiger partial charge >= 0.3 is 0 Å². The number of nitrogens with one attached hydrogen (secondary N) is 1. The van der Waals surface area contributed by atoms with Gasteiger partial charge in [-0.1, -0.05) is 0 Å². The van der Waals surface area contributed by atoms with Gasteiger partial charge < -0.3 is 19.9 Å². The Hall–Kier alpha value is -3.11. The number of benzene rings is 1. The van der Waals surface area contributed by atoms with Crippen LogP contribution in [-0.2, 0) is 7.05 Å². The lowest BCUT2D eigenvalue weighted by molar-refractivity contribution is 0.261. The van der Waals surface area contributed by atoms with Gasteiger partial charge in [0.15, 0.2) is 5.82 Å². The predicted octanol–water partition coefficient (Wildman–Crippen LogP) is 2.72. The number of rotatable bonds is 3. The number of likely N-dealkylation sites (tertiary alicyclic amines) is 1. The van der Waals surface area contributed by atoms with E-state index in [0.29, 0.717) is 22.9 Å². The van der Waals surface area contributed by atoms with Crippen molar-refractivity contribution in [1.29, 1.82) is 5.26 Å². The summed E-state index contributed by atoms with van der Waals surface area (Å²) in [6.07, 6.45) is 4.24. The van der Waals surface area contributed by atoms with Gasteiger partial charge in [0.2, 0.25) is 0 Å². The number of aromatic nitrogens is 3. The van der Waals surface area contributed by atoms with Crippen LogP contribution in [0.25, 0.3) is 22.2 Å². The Bertz CT molecular complexity index is 1030. The molecule has 2 aromatic heterocycles. The van der Waals surface area contributed by atoms with Gasteiger partial charge in [-0.15, -0.1) is 10.2 Å². The molecule has 3 heterocycles. The number of nitrogens with zero attached hydrogens (tertiary/aromatic N) is 5. The average molecular weight is 362 g/mol. The van der Waals surface area contributed by atoms with Crippen LogP contribution in [0.3, 0.4) is 0 Å².